The van der Waals surface area contributed by atoms with E-state index in [1.165, 1.54) is 13.1 Å². The van der Waals surface area contributed by atoms with E-state index in [1.807, 2.05) is 0 Å². The van der Waals surface area contributed by atoms with Crippen LogP contribution in [0.4, 0.5) is 10.5 Å². The molecule has 19 heavy (non-hydrogen) atoms. The summed E-state index contributed by atoms with van der Waals surface area (Å²) in [6, 6.07) is 4.03. The number of urea groups is 1. The molecule has 4 N–H and O–H groups in total. The lowest BCUT2D eigenvalue weighted by atomic mass is 10.2. The number of hydrogen-bond acceptors (Lipinski definition) is 4. The number of benzene rings is 1. The van der Waals surface area contributed by atoms with Crippen LogP contribution in [0.5, 0.6) is 0 Å². The minimum Gasteiger partial charge on any atom is -0.359 e. The maximum absolute atomic E-state index is 11.6. The first-order valence-corrected chi connectivity index (χ1v) is 7.29. The highest BCUT2D eigenvalue weighted by Gasteiger charge is 2.17. The molecule has 104 valence electrons. The van der Waals surface area contributed by atoms with Gasteiger partial charge in [-0.05, 0) is 18.6 Å². The predicted octanol–water partition coefficient (Wildman–Crippen LogP) is 0.674. The number of hydrogen-bond donors (Lipinski definition) is 4. The summed E-state index contributed by atoms with van der Waals surface area (Å²) in [4.78, 5) is 11.7. The monoisotopic (exact) mass is 284 g/mol. The van der Waals surface area contributed by atoms with Crippen molar-refractivity contribution >= 4 is 27.5 Å². The van der Waals surface area contributed by atoms with E-state index in [0.717, 1.165) is 6.26 Å². The molecule has 0 radical (unpaired) electrons. The first-order chi connectivity index (χ1) is 8.75. The fourth-order valence-corrected chi connectivity index (χ4v) is 2.34. The Kier molecular flexibility index (Phi) is 4.49. The predicted molar refractivity (Wildman–Crippen MR) is 73.2 cm³/mol. The Bertz CT molecular complexity index is 610. The van der Waals surface area contributed by atoms with Gasteiger partial charge in [-0.25, -0.2) is 13.2 Å². The second-order valence-electron chi connectivity index (χ2n) is 3.92. The Morgan fingerprint density at radius 1 is 1.32 bits per heavy atom. The Morgan fingerprint density at radius 2 is 1.95 bits per heavy atom. The molecule has 0 bridgehead atoms. The number of guanidine groups is 1. The minimum atomic E-state index is -3.45. The van der Waals surface area contributed by atoms with Crippen LogP contribution in [-0.4, -0.2) is 33.7 Å². The van der Waals surface area contributed by atoms with E-state index in [9.17, 15) is 13.2 Å². The van der Waals surface area contributed by atoms with Crippen molar-refractivity contribution in [3.8, 4) is 0 Å². The van der Waals surface area contributed by atoms with Crippen LogP contribution >= 0.6 is 0 Å². The second kappa shape index (κ2) is 5.70. The summed E-state index contributed by atoms with van der Waals surface area (Å²) in [6.07, 6.45) is 1.07. The number of rotatable bonds is 2. The molecule has 0 aromatic heterocycles. The number of carbonyl (C=O) groups excluding carboxylic acids is 1. The van der Waals surface area contributed by atoms with Crippen LogP contribution in [0.25, 0.3) is 0 Å². The SMILES string of the molecule is CNC(=N)NC(=O)Nc1c(C)cccc1S(C)(=O)=O. The van der Waals surface area contributed by atoms with Crippen molar-refractivity contribution in [2.45, 2.75) is 11.8 Å². The highest BCUT2D eigenvalue weighted by molar-refractivity contribution is 7.90. The summed E-state index contributed by atoms with van der Waals surface area (Å²) in [5.74, 6) is -0.188. The van der Waals surface area contributed by atoms with E-state index in [1.54, 1.807) is 19.1 Å². The fraction of sp³-hybridized carbons (Fsp3) is 0.273. The largest absolute Gasteiger partial charge is 0.359 e. The maximum atomic E-state index is 11.6. The van der Waals surface area contributed by atoms with Crippen LogP contribution in [0.1, 0.15) is 5.56 Å². The van der Waals surface area contributed by atoms with Crippen molar-refractivity contribution in [1.29, 1.82) is 5.41 Å². The molecule has 0 saturated carbocycles. The van der Waals surface area contributed by atoms with Gasteiger partial charge >= 0.3 is 6.03 Å². The van der Waals surface area contributed by atoms with Gasteiger partial charge in [-0.15, -0.1) is 0 Å². The molecule has 1 rings (SSSR count). The van der Waals surface area contributed by atoms with Crippen molar-refractivity contribution in [2.75, 3.05) is 18.6 Å². The molecule has 7 nitrogen and oxygen atoms in total. The third kappa shape index (κ3) is 3.95. The summed E-state index contributed by atoms with van der Waals surface area (Å²) in [5, 5.41) is 14.3. The number of amides is 2. The van der Waals surface area contributed by atoms with Gasteiger partial charge in [0.05, 0.1) is 10.6 Å². The molecule has 1 aromatic rings. The normalized spacial score (nSPS) is 10.7. The van der Waals surface area contributed by atoms with Gasteiger partial charge < -0.3 is 10.6 Å². The van der Waals surface area contributed by atoms with Gasteiger partial charge in [-0.2, -0.15) is 0 Å². The molecule has 0 aliphatic heterocycles. The average molecular weight is 284 g/mol. The zero-order valence-electron chi connectivity index (χ0n) is 10.9. The molecule has 0 unspecified atom stereocenters. The number of nitrogens with one attached hydrogen (secondary N) is 4. The summed E-state index contributed by atoms with van der Waals surface area (Å²) in [5.41, 5.74) is 0.834. The van der Waals surface area contributed by atoms with Gasteiger partial charge in [0.1, 0.15) is 0 Å². The van der Waals surface area contributed by atoms with Crippen molar-refractivity contribution in [2.24, 2.45) is 0 Å². The molecule has 0 saturated heterocycles. The number of sulfone groups is 1. The molecule has 0 aliphatic rings. The van der Waals surface area contributed by atoms with E-state index in [2.05, 4.69) is 16.0 Å². The van der Waals surface area contributed by atoms with E-state index in [0.29, 0.717) is 5.56 Å². The second-order valence-corrected chi connectivity index (χ2v) is 5.91. The number of aryl methyl sites for hydroxylation is 1. The molecule has 0 spiro atoms. The molecule has 0 fully saturated rings. The highest BCUT2D eigenvalue weighted by Crippen LogP contribution is 2.24. The number of carbonyl (C=O) groups is 1. The first kappa shape index (κ1) is 15.0. The van der Waals surface area contributed by atoms with Gasteiger partial charge in [0.25, 0.3) is 0 Å². The zero-order valence-corrected chi connectivity index (χ0v) is 11.7. The summed E-state index contributed by atoms with van der Waals surface area (Å²) in [7, 11) is -1.96. The van der Waals surface area contributed by atoms with Crippen LogP contribution < -0.4 is 16.0 Å². The van der Waals surface area contributed by atoms with E-state index in [-0.39, 0.29) is 16.5 Å². The van der Waals surface area contributed by atoms with Gasteiger partial charge in [0.15, 0.2) is 15.8 Å². The fourth-order valence-electron chi connectivity index (χ4n) is 1.43. The third-order valence-electron chi connectivity index (χ3n) is 2.36. The standard InChI is InChI=1S/C11H16N4O3S/c1-7-5-4-6-8(19(3,17)18)9(7)14-11(16)15-10(12)13-2/h4-6H,1-3H3,(H4,12,13,14,15,16). The average Bonchev–Trinajstić information content (AvgIpc) is 2.30. The lowest BCUT2D eigenvalue weighted by Gasteiger charge is -2.13. The summed E-state index contributed by atoms with van der Waals surface area (Å²) < 4.78 is 23.3. The molecular formula is C11H16N4O3S. The van der Waals surface area contributed by atoms with Crippen molar-refractivity contribution in [3.63, 3.8) is 0 Å². The van der Waals surface area contributed by atoms with Gasteiger partial charge in [-0.3, -0.25) is 10.7 Å². The van der Waals surface area contributed by atoms with Crippen molar-refractivity contribution in [1.82, 2.24) is 10.6 Å². The molecule has 2 amide bonds. The molecular weight excluding hydrogens is 268 g/mol. The topological polar surface area (TPSA) is 111 Å². The van der Waals surface area contributed by atoms with Crippen LogP contribution in [-0.2, 0) is 9.84 Å². The van der Waals surface area contributed by atoms with Gasteiger partial charge in [0, 0.05) is 13.3 Å². The van der Waals surface area contributed by atoms with Crippen molar-refractivity contribution in [3.05, 3.63) is 23.8 Å². The smallest absolute Gasteiger partial charge is 0.326 e. The number of para-hydroxylation sites is 1. The molecule has 0 heterocycles. The maximum Gasteiger partial charge on any atom is 0.326 e. The Labute approximate surface area is 111 Å². The summed E-state index contributed by atoms with van der Waals surface area (Å²) in [6.45, 7) is 1.69. The quantitative estimate of drug-likeness (QED) is 0.472. The highest BCUT2D eigenvalue weighted by atomic mass is 32.2. The van der Waals surface area contributed by atoms with Crippen LogP contribution in [0.2, 0.25) is 0 Å². The minimum absolute atomic E-state index is 0.0404. The van der Waals surface area contributed by atoms with Crippen LogP contribution in [0.15, 0.2) is 23.1 Å². The van der Waals surface area contributed by atoms with E-state index >= 15 is 0 Å². The van der Waals surface area contributed by atoms with Crippen molar-refractivity contribution < 1.29 is 13.2 Å². The van der Waals surface area contributed by atoms with Crippen LogP contribution in [0.3, 0.4) is 0 Å². The first-order valence-electron chi connectivity index (χ1n) is 5.39. The van der Waals surface area contributed by atoms with E-state index in [4.69, 9.17) is 5.41 Å². The molecule has 0 atom stereocenters. The van der Waals surface area contributed by atoms with Crippen LogP contribution in [0, 0.1) is 12.3 Å². The molecule has 1 aromatic carbocycles. The third-order valence-corrected chi connectivity index (χ3v) is 3.50. The lowest BCUT2D eigenvalue weighted by molar-refractivity contribution is 0.256. The van der Waals surface area contributed by atoms with Gasteiger partial charge in [0.2, 0.25) is 0 Å². The van der Waals surface area contributed by atoms with E-state index < -0.39 is 15.9 Å². The molecule has 8 heteroatoms. The van der Waals surface area contributed by atoms with Gasteiger partial charge in [-0.1, -0.05) is 12.1 Å². The zero-order chi connectivity index (χ0) is 14.6. The summed E-state index contributed by atoms with van der Waals surface area (Å²) >= 11 is 0. The molecule has 0 aliphatic carbocycles. The number of anilines is 1. The Hall–Kier alpha value is -2.09. The Balaban J connectivity index is 3.08. The Morgan fingerprint density at radius 3 is 2.47 bits per heavy atom. The lowest BCUT2D eigenvalue weighted by Crippen LogP contribution is -2.40.